The fourth-order valence-corrected chi connectivity index (χ4v) is 10.2. The maximum absolute atomic E-state index is 9.92. The number of benzene rings is 8. The van der Waals surface area contributed by atoms with Gasteiger partial charge in [0.2, 0.25) is 0 Å². The van der Waals surface area contributed by atoms with Crippen LogP contribution in [-0.2, 0) is 5.41 Å². The van der Waals surface area contributed by atoms with E-state index in [1.54, 1.807) is 0 Å². The zero-order valence-corrected chi connectivity index (χ0v) is 31.0. The molecular formula is C52H31N3S. The fraction of sp³-hybridized carbons (Fsp3) is 0.0192. The van der Waals surface area contributed by atoms with Crippen LogP contribution in [0.25, 0.3) is 66.9 Å². The zero-order chi connectivity index (χ0) is 37.2. The van der Waals surface area contributed by atoms with Gasteiger partial charge in [-0.2, -0.15) is 5.26 Å². The summed E-state index contributed by atoms with van der Waals surface area (Å²) in [5.74, 6) is 0.693. The molecule has 0 atom stereocenters. The van der Waals surface area contributed by atoms with Gasteiger partial charge in [-0.25, -0.2) is 9.97 Å². The molecule has 9 aromatic rings. The van der Waals surface area contributed by atoms with Gasteiger partial charge in [0.15, 0.2) is 5.82 Å². The largest absolute Gasteiger partial charge is 0.228 e. The Morgan fingerprint density at radius 1 is 0.411 bits per heavy atom. The van der Waals surface area contributed by atoms with Crippen LogP contribution in [0.4, 0.5) is 0 Å². The van der Waals surface area contributed by atoms with Gasteiger partial charge >= 0.3 is 0 Å². The normalized spacial score (nSPS) is 13.1. The van der Waals surface area contributed by atoms with E-state index in [1.165, 1.54) is 43.2 Å². The molecule has 1 spiro atoms. The van der Waals surface area contributed by atoms with Crippen LogP contribution in [0.3, 0.4) is 0 Å². The van der Waals surface area contributed by atoms with Crippen molar-refractivity contribution in [2.24, 2.45) is 0 Å². The molecular weight excluding hydrogens is 699 g/mol. The van der Waals surface area contributed by atoms with E-state index < -0.39 is 5.41 Å². The van der Waals surface area contributed by atoms with Gasteiger partial charge in [-0.3, -0.25) is 0 Å². The van der Waals surface area contributed by atoms with Gasteiger partial charge in [-0.15, -0.1) is 0 Å². The third-order valence-corrected chi connectivity index (χ3v) is 12.5. The SMILES string of the molecule is N#Cc1ccc(-c2ccc3c(c2)Sc2cc(-c4nc(-c5ccccc5)cc(-c5ccccc5)n4)ccc2C32c3ccccc3-c3ccccc32)c2ccccc12. The van der Waals surface area contributed by atoms with Gasteiger partial charge in [0, 0.05) is 31.9 Å². The van der Waals surface area contributed by atoms with E-state index in [4.69, 9.17) is 9.97 Å². The van der Waals surface area contributed by atoms with E-state index >= 15 is 0 Å². The monoisotopic (exact) mass is 729 g/mol. The first-order valence-corrected chi connectivity index (χ1v) is 19.6. The minimum absolute atomic E-state index is 0.519. The lowest BCUT2D eigenvalue weighted by Crippen LogP contribution is -2.32. The van der Waals surface area contributed by atoms with Crippen LogP contribution in [-0.4, -0.2) is 9.97 Å². The van der Waals surface area contributed by atoms with Crippen molar-refractivity contribution in [3.63, 3.8) is 0 Å². The summed E-state index contributed by atoms with van der Waals surface area (Å²) in [5, 5.41) is 12.0. The molecule has 1 aliphatic heterocycles. The van der Waals surface area contributed by atoms with E-state index in [1.807, 2.05) is 42.1 Å². The van der Waals surface area contributed by atoms with Gasteiger partial charge in [0.1, 0.15) is 0 Å². The third-order valence-electron chi connectivity index (χ3n) is 11.4. The summed E-state index contributed by atoms with van der Waals surface area (Å²) in [5.41, 5.74) is 14.9. The summed E-state index contributed by atoms with van der Waals surface area (Å²) in [6, 6.07) is 69.1. The predicted molar refractivity (Wildman–Crippen MR) is 227 cm³/mol. The molecule has 0 fully saturated rings. The van der Waals surface area contributed by atoms with E-state index in [-0.39, 0.29) is 0 Å². The molecule has 0 radical (unpaired) electrons. The average molecular weight is 730 g/mol. The molecule has 2 aliphatic rings. The number of nitriles is 1. The van der Waals surface area contributed by atoms with Crippen molar-refractivity contribution in [2.75, 3.05) is 0 Å². The van der Waals surface area contributed by atoms with Gasteiger partial charge in [0.25, 0.3) is 0 Å². The lowest BCUT2D eigenvalue weighted by atomic mass is 9.67. The molecule has 3 nitrogen and oxygen atoms in total. The second-order valence-corrected chi connectivity index (χ2v) is 15.5. The van der Waals surface area contributed by atoms with E-state index in [2.05, 4.69) is 164 Å². The number of rotatable bonds is 4. The second kappa shape index (κ2) is 12.8. The predicted octanol–water partition coefficient (Wildman–Crippen LogP) is 13.0. The topological polar surface area (TPSA) is 49.6 Å². The summed E-state index contributed by atoms with van der Waals surface area (Å²) in [6.07, 6.45) is 0. The highest BCUT2D eigenvalue weighted by atomic mass is 32.2. The van der Waals surface area contributed by atoms with Gasteiger partial charge in [0.05, 0.1) is 28.4 Å². The minimum Gasteiger partial charge on any atom is -0.228 e. The molecule has 2 heterocycles. The van der Waals surface area contributed by atoms with Crippen LogP contribution >= 0.6 is 11.8 Å². The Hall–Kier alpha value is -7.06. The van der Waals surface area contributed by atoms with E-state index in [9.17, 15) is 5.26 Å². The number of nitrogens with zero attached hydrogens (tertiary/aromatic N) is 3. The summed E-state index contributed by atoms with van der Waals surface area (Å²) >= 11 is 1.82. The minimum atomic E-state index is -0.519. The van der Waals surface area contributed by atoms with E-state index in [0.717, 1.165) is 50.0 Å². The Balaban J connectivity index is 1.15. The molecule has 260 valence electrons. The Morgan fingerprint density at radius 2 is 0.929 bits per heavy atom. The summed E-state index contributed by atoms with van der Waals surface area (Å²) in [7, 11) is 0. The van der Waals surface area contributed by atoms with Crippen molar-refractivity contribution in [1.29, 1.82) is 5.26 Å². The lowest BCUT2D eigenvalue weighted by Gasteiger charge is -2.40. The Kier molecular flexibility index (Phi) is 7.38. The summed E-state index contributed by atoms with van der Waals surface area (Å²) in [6.45, 7) is 0. The number of hydrogen-bond acceptors (Lipinski definition) is 4. The molecule has 1 aromatic heterocycles. The van der Waals surface area contributed by atoms with Crippen molar-refractivity contribution >= 4 is 22.5 Å². The maximum Gasteiger partial charge on any atom is 0.160 e. The van der Waals surface area contributed by atoms with Crippen LogP contribution in [0.1, 0.15) is 27.8 Å². The molecule has 11 rings (SSSR count). The molecule has 0 bridgehead atoms. The quantitative estimate of drug-likeness (QED) is 0.181. The number of fused-ring (bicyclic) bond motifs is 10. The van der Waals surface area contributed by atoms with Crippen LogP contribution in [0.15, 0.2) is 198 Å². The summed E-state index contributed by atoms with van der Waals surface area (Å²) < 4.78 is 0. The molecule has 0 N–H and O–H groups in total. The maximum atomic E-state index is 9.92. The van der Waals surface area contributed by atoms with Crippen molar-refractivity contribution in [3.05, 3.63) is 216 Å². The highest BCUT2D eigenvalue weighted by Gasteiger charge is 2.50. The number of hydrogen-bond donors (Lipinski definition) is 0. The first-order chi connectivity index (χ1) is 27.7. The lowest BCUT2D eigenvalue weighted by molar-refractivity contribution is 0.723. The molecule has 4 heteroatoms. The molecule has 56 heavy (non-hydrogen) atoms. The smallest absolute Gasteiger partial charge is 0.160 e. The van der Waals surface area contributed by atoms with Crippen molar-refractivity contribution in [1.82, 2.24) is 9.97 Å². The average Bonchev–Trinajstić information content (AvgIpc) is 3.56. The number of aromatic nitrogens is 2. The fourth-order valence-electron chi connectivity index (χ4n) is 8.96. The van der Waals surface area contributed by atoms with Crippen LogP contribution in [0.5, 0.6) is 0 Å². The van der Waals surface area contributed by atoms with Crippen molar-refractivity contribution in [3.8, 4) is 62.2 Å². The second-order valence-electron chi connectivity index (χ2n) is 14.4. The van der Waals surface area contributed by atoms with E-state index in [0.29, 0.717) is 11.4 Å². The highest BCUT2D eigenvalue weighted by Crippen LogP contribution is 2.62. The Bertz CT molecular complexity index is 2970. The molecule has 0 saturated carbocycles. The molecule has 0 saturated heterocycles. The van der Waals surface area contributed by atoms with Crippen molar-refractivity contribution < 1.29 is 0 Å². The molecule has 0 unspecified atom stereocenters. The van der Waals surface area contributed by atoms with Crippen LogP contribution < -0.4 is 0 Å². The first-order valence-electron chi connectivity index (χ1n) is 18.8. The molecule has 8 aromatic carbocycles. The van der Waals surface area contributed by atoms with Crippen LogP contribution in [0.2, 0.25) is 0 Å². The van der Waals surface area contributed by atoms with Gasteiger partial charge in [-0.05, 0) is 74.2 Å². The van der Waals surface area contributed by atoms with Gasteiger partial charge in [-0.1, -0.05) is 176 Å². The van der Waals surface area contributed by atoms with Crippen LogP contribution in [0, 0.1) is 11.3 Å². The highest BCUT2D eigenvalue weighted by molar-refractivity contribution is 7.99. The standard InChI is InChI=1S/C52H31N3S/c53-32-37-23-26-39(40-18-8-7-17-38(37)40)35-24-27-45-49(29-35)56-50-30-36(25-28-46(50)52(45)43-21-11-9-19-41(43)42-20-10-12-22-44(42)52)51-54-47(33-13-3-1-4-14-33)31-48(55-51)34-15-5-2-6-16-34/h1-31H. The third kappa shape index (κ3) is 4.85. The van der Waals surface area contributed by atoms with Crippen molar-refractivity contribution in [2.45, 2.75) is 15.2 Å². The summed E-state index contributed by atoms with van der Waals surface area (Å²) in [4.78, 5) is 12.8. The Morgan fingerprint density at radius 3 is 1.54 bits per heavy atom. The zero-order valence-electron chi connectivity index (χ0n) is 30.1. The van der Waals surface area contributed by atoms with Gasteiger partial charge < -0.3 is 0 Å². The Labute approximate surface area is 329 Å². The molecule has 1 aliphatic carbocycles. The molecule has 0 amide bonds. The first kappa shape index (κ1) is 32.4.